The fourth-order valence-corrected chi connectivity index (χ4v) is 3.27. The Kier molecular flexibility index (Phi) is 4.29. The Balaban J connectivity index is 1.61. The second-order valence-corrected chi connectivity index (χ2v) is 6.30. The van der Waals surface area contributed by atoms with E-state index in [2.05, 4.69) is 20.2 Å². The van der Waals surface area contributed by atoms with E-state index >= 15 is 0 Å². The average Bonchev–Trinajstić information content (AvgIpc) is 2.68. The molecule has 0 spiro atoms. The Morgan fingerprint density at radius 1 is 0.960 bits per heavy atom. The highest BCUT2D eigenvalue weighted by Crippen LogP contribution is 2.27. The fourth-order valence-electron chi connectivity index (χ4n) is 3.27. The van der Waals surface area contributed by atoms with Crippen LogP contribution in [0.3, 0.4) is 0 Å². The van der Waals surface area contributed by atoms with Crippen LogP contribution in [0.5, 0.6) is 0 Å². The monoisotopic (exact) mass is 332 g/mol. The molecule has 1 aliphatic heterocycles. The highest BCUT2D eigenvalue weighted by Gasteiger charge is 2.15. The van der Waals surface area contributed by atoms with Crippen LogP contribution in [0.25, 0.3) is 10.9 Å². The molecule has 0 saturated carbocycles. The van der Waals surface area contributed by atoms with Gasteiger partial charge in [-0.15, -0.1) is 0 Å². The minimum atomic E-state index is -0.120. The fraction of sp³-hybridized carbons (Fsp3) is 0.250. The van der Waals surface area contributed by atoms with E-state index in [0.29, 0.717) is 5.56 Å². The Morgan fingerprint density at radius 2 is 1.76 bits per heavy atom. The van der Waals surface area contributed by atoms with Crippen molar-refractivity contribution in [2.75, 3.05) is 23.3 Å². The molecule has 1 fully saturated rings. The molecule has 3 aromatic rings. The van der Waals surface area contributed by atoms with Gasteiger partial charge in [-0.1, -0.05) is 18.2 Å². The number of carbonyl (C=O) groups is 1. The number of rotatable bonds is 3. The zero-order valence-corrected chi connectivity index (χ0v) is 14.0. The van der Waals surface area contributed by atoms with Crippen molar-refractivity contribution in [2.45, 2.75) is 19.3 Å². The van der Waals surface area contributed by atoms with Crippen LogP contribution in [0, 0.1) is 0 Å². The molecule has 1 N–H and O–H groups in total. The Labute approximate surface area is 146 Å². The highest BCUT2D eigenvalue weighted by atomic mass is 16.1. The smallest absolute Gasteiger partial charge is 0.255 e. The number of benzene rings is 2. The summed E-state index contributed by atoms with van der Waals surface area (Å²) < 4.78 is 0. The summed E-state index contributed by atoms with van der Waals surface area (Å²) in [5.74, 6) is 0.871. The lowest BCUT2D eigenvalue weighted by Crippen LogP contribution is -2.30. The van der Waals surface area contributed by atoms with E-state index in [0.717, 1.165) is 35.5 Å². The number of nitrogens with zero attached hydrogens (tertiary/aromatic N) is 3. The van der Waals surface area contributed by atoms with Crippen LogP contribution in [0.15, 0.2) is 54.9 Å². The molecule has 2 heterocycles. The van der Waals surface area contributed by atoms with Gasteiger partial charge in [0.05, 0.1) is 5.52 Å². The van der Waals surface area contributed by atoms with Crippen molar-refractivity contribution >= 4 is 28.3 Å². The topological polar surface area (TPSA) is 58.1 Å². The number of piperidine rings is 1. The van der Waals surface area contributed by atoms with Gasteiger partial charge in [0.1, 0.15) is 12.1 Å². The van der Waals surface area contributed by atoms with Gasteiger partial charge in [0.25, 0.3) is 5.91 Å². The molecule has 0 radical (unpaired) electrons. The van der Waals surface area contributed by atoms with Gasteiger partial charge >= 0.3 is 0 Å². The molecule has 0 unspecified atom stereocenters. The summed E-state index contributed by atoms with van der Waals surface area (Å²) in [7, 11) is 0. The molecule has 0 bridgehead atoms. The van der Waals surface area contributed by atoms with Crippen LogP contribution in [0.2, 0.25) is 0 Å². The molecule has 1 aromatic heterocycles. The van der Waals surface area contributed by atoms with Gasteiger partial charge in [0.15, 0.2) is 0 Å². The van der Waals surface area contributed by atoms with Crippen molar-refractivity contribution in [3.8, 4) is 0 Å². The van der Waals surface area contributed by atoms with Crippen molar-refractivity contribution in [3.05, 3.63) is 60.4 Å². The molecular weight excluding hydrogens is 312 g/mol. The summed E-state index contributed by atoms with van der Waals surface area (Å²) in [4.78, 5) is 23.5. The first-order chi connectivity index (χ1) is 12.3. The molecule has 0 atom stereocenters. The molecule has 1 amide bonds. The normalized spacial score (nSPS) is 14.5. The number of aromatic nitrogens is 2. The Bertz CT molecular complexity index is 889. The van der Waals surface area contributed by atoms with Gasteiger partial charge in [-0.25, -0.2) is 9.97 Å². The number of hydrogen-bond donors (Lipinski definition) is 1. The average molecular weight is 332 g/mol. The molecule has 126 valence electrons. The molecule has 25 heavy (non-hydrogen) atoms. The number of hydrogen-bond acceptors (Lipinski definition) is 4. The second-order valence-electron chi connectivity index (χ2n) is 6.30. The van der Waals surface area contributed by atoms with Gasteiger partial charge in [-0.2, -0.15) is 0 Å². The lowest BCUT2D eigenvalue weighted by Gasteiger charge is -2.28. The van der Waals surface area contributed by atoms with E-state index in [4.69, 9.17) is 0 Å². The summed E-state index contributed by atoms with van der Waals surface area (Å²) >= 11 is 0. The van der Waals surface area contributed by atoms with E-state index in [9.17, 15) is 4.79 Å². The van der Waals surface area contributed by atoms with Crippen LogP contribution in [-0.2, 0) is 0 Å². The third kappa shape index (κ3) is 3.31. The zero-order valence-electron chi connectivity index (χ0n) is 14.0. The van der Waals surface area contributed by atoms with E-state index in [1.807, 2.05) is 36.4 Å². The maximum absolute atomic E-state index is 12.3. The third-order valence-electron chi connectivity index (χ3n) is 4.56. The molecule has 0 aliphatic carbocycles. The zero-order chi connectivity index (χ0) is 17.1. The van der Waals surface area contributed by atoms with Gasteiger partial charge in [0.2, 0.25) is 0 Å². The van der Waals surface area contributed by atoms with Crippen molar-refractivity contribution in [2.24, 2.45) is 0 Å². The van der Waals surface area contributed by atoms with E-state index in [1.54, 1.807) is 18.5 Å². The predicted molar refractivity (Wildman–Crippen MR) is 100.0 cm³/mol. The van der Waals surface area contributed by atoms with Gasteiger partial charge in [-0.3, -0.25) is 4.79 Å². The van der Waals surface area contributed by atoms with Crippen LogP contribution < -0.4 is 10.2 Å². The van der Waals surface area contributed by atoms with Crippen molar-refractivity contribution in [1.82, 2.24) is 9.97 Å². The molecule has 5 nitrogen and oxygen atoms in total. The number of anilines is 2. The molecular formula is C20H20N4O. The summed E-state index contributed by atoms with van der Waals surface area (Å²) in [6.07, 6.45) is 5.30. The maximum atomic E-state index is 12.3. The number of carbonyl (C=O) groups excluding carboxylic acids is 1. The first-order valence-electron chi connectivity index (χ1n) is 8.67. The third-order valence-corrected chi connectivity index (χ3v) is 4.56. The Hall–Kier alpha value is -2.95. The van der Waals surface area contributed by atoms with Crippen LogP contribution in [-0.4, -0.2) is 29.0 Å². The molecule has 2 aromatic carbocycles. The summed E-state index contributed by atoms with van der Waals surface area (Å²) in [5, 5.41) is 3.97. The number of fused-ring (bicyclic) bond motifs is 1. The SMILES string of the molecule is O=C(Nc1ccc2c(N3CCCCC3)ncnc2c1)c1ccccc1. The maximum Gasteiger partial charge on any atom is 0.255 e. The minimum Gasteiger partial charge on any atom is -0.356 e. The Morgan fingerprint density at radius 3 is 2.56 bits per heavy atom. The molecule has 1 saturated heterocycles. The predicted octanol–water partition coefficient (Wildman–Crippen LogP) is 3.87. The van der Waals surface area contributed by atoms with Gasteiger partial charge in [-0.05, 0) is 49.6 Å². The van der Waals surface area contributed by atoms with Crippen molar-refractivity contribution in [3.63, 3.8) is 0 Å². The molecule has 5 heteroatoms. The number of amides is 1. The largest absolute Gasteiger partial charge is 0.356 e. The van der Waals surface area contributed by atoms with E-state index in [1.165, 1.54) is 19.3 Å². The van der Waals surface area contributed by atoms with Gasteiger partial charge < -0.3 is 10.2 Å². The quantitative estimate of drug-likeness (QED) is 0.791. The van der Waals surface area contributed by atoms with Crippen LogP contribution in [0.1, 0.15) is 29.6 Å². The molecule has 4 rings (SSSR count). The second kappa shape index (κ2) is 6.89. The minimum absolute atomic E-state index is 0.120. The van der Waals surface area contributed by atoms with Crippen molar-refractivity contribution in [1.29, 1.82) is 0 Å². The van der Waals surface area contributed by atoms with Crippen molar-refractivity contribution < 1.29 is 4.79 Å². The summed E-state index contributed by atoms with van der Waals surface area (Å²) in [6.45, 7) is 2.08. The summed E-state index contributed by atoms with van der Waals surface area (Å²) in [5.41, 5.74) is 2.23. The van der Waals surface area contributed by atoms with Crippen LogP contribution in [0.4, 0.5) is 11.5 Å². The van der Waals surface area contributed by atoms with E-state index in [-0.39, 0.29) is 5.91 Å². The highest BCUT2D eigenvalue weighted by molar-refractivity contribution is 6.05. The van der Waals surface area contributed by atoms with Gasteiger partial charge in [0, 0.05) is 29.7 Å². The summed E-state index contributed by atoms with van der Waals surface area (Å²) in [6, 6.07) is 15.0. The first-order valence-corrected chi connectivity index (χ1v) is 8.67. The van der Waals surface area contributed by atoms with E-state index < -0.39 is 0 Å². The lowest BCUT2D eigenvalue weighted by molar-refractivity contribution is 0.102. The van der Waals surface area contributed by atoms with Crippen LogP contribution >= 0.6 is 0 Å². The lowest BCUT2D eigenvalue weighted by atomic mass is 10.1. The number of nitrogens with one attached hydrogen (secondary N) is 1. The molecule has 1 aliphatic rings. The first kappa shape index (κ1) is 15.6. The standard InChI is InChI=1S/C20H20N4O/c25-20(15-7-3-1-4-8-15)23-16-9-10-17-18(13-16)21-14-22-19(17)24-11-5-2-6-12-24/h1,3-4,7-10,13-14H,2,5-6,11-12H2,(H,23,25).